The highest BCUT2D eigenvalue weighted by molar-refractivity contribution is 7.17. The average Bonchev–Trinajstić information content (AvgIpc) is 3.09. The van der Waals surface area contributed by atoms with Gasteiger partial charge in [0.1, 0.15) is 22.4 Å². The highest BCUT2D eigenvalue weighted by Crippen LogP contribution is 2.38. The highest BCUT2D eigenvalue weighted by Gasteiger charge is 2.27. The van der Waals surface area contributed by atoms with E-state index in [0.717, 1.165) is 36.1 Å². The Morgan fingerprint density at radius 3 is 2.68 bits per heavy atom. The Morgan fingerprint density at radius 1 is 1.21 bits per heavy atom. The van der Waals surface area contributed by atoms with Gasteiger partial charge in [0.15, 0.2) is 0 Å². The number of carbonyl (C=O) groups excluding carboxylic acids is 2. The van der Waals surface area contributed by atoms with E-state index in [1.165, 1.54) is 31.6 Å². The van der Waals surface area contributed by atoms with Crippen LogP contribution in [0.5, 0.6) is 5.75 Å². The number of fused-ring (bicyclic) bond motifs is 1. The number of thiophene rings is 1. The smallest absolute Gasteiger partial charge is 0.341 e. The number of esters is 1. The number of aryl methyl sites for hydroxylation is 1. The lowest BCUT2D eigenvalue weighted by molar-refractivity contribution is -0.112. The first-order valence-corrected chi connectivity index (χ1v) is 9.69. The zero-order valence-electron chi connectivity index (χ0n) is 15.7. The molecule has 0 unspecified atom stereocenters. The number of nitriles is 1. The van der Waals surface area contributed by atoms with E-state index >= 15 is 0 Å². The molecule has 2 aromatic rings. The highest BCUT2D eigenvalue weighted by atomic mass is 32.1. The van der Waals surface area contributed by atoms with Crippen LogP contribution in [0.2, 0.25) is 0 Å². The van der Waals surface area contributed by atoms with Crippen LogP contribution in [-0.2, 0) is 22.4 Å². The van der Waals surface area contributed by atoms with Gasteiger partial charge in [0.05, 0.1) is 19.8 Å². The second kappa shape index (κ2) is 8.72. The van der Waals surface area contributed by atoms with E-state index in [9.17, 15) is 14.9 Å². The molecule has 0 fully saturated rings. The van der Waals surface area contributed by atoms with Crippen LogP contribution in [-0.4, -0.2) is 26.1 Å². The zero-order chi connectivity index (χ0) is 20.1. The fourth-order valence-electron chi connectivity index (χ4n) is 3.23. The Hall–Kier alpha value is -3.11. The van der Waals surface area contributed by atoms with Gasteiger partial charge in [-0.25, -0.2) is 4.79 Å². The molecule has 7 heteroatoms. The van der Waals surface area contributed by atoms with Crippen molar-refractivity contribution in [2.45, 2.75) is 25.7 Å². The molecule has 3 rings (SSSR count). The molecule has 0 radical (unpaired) electrons. The number of rotatable bonds is 5. The third kappa shape index (κ3) is 3.92. The van der Waals surface area contributed by atoms with E-state index < -0.39 is 11.9 Å². The number of ether oxygens (including phenoxy) is 2. The number of hydrogen-bond acceptors (Lipinski definition) is 6. The number of nitrogens with one attached hydrogen (secondary N) is 1. The van der Waals surface area contributed by atoms with E-state index in [2.05, 4.69) is 5.32 Å². The third-order valence-corrected chi connectivity index (χ3v) is 5.80. The maximum Gasteiger partial charge on any atom is 0.341 e. The summed E-state index contributed by atoms with van der Waals surface area (Å²) in [5.74, 6) is -0.482. The fourth-order valence-corrected chi connectivity index (χ4v) is 4.50. The van der Waals surface area contributed by atoms with Crippen molar-refractivity contribution in [2.24, 2.45) is 0 Å². The second-order valence-electron chi connectivity index (χ2n) is 6.27. The monoisotopic (exact) mass is 396 g/mol. The number of anilines is 1. The molecule has 1 amide bonds. The molecule has 0 bridgehead atoms. The molecule has 0 aliphatic heterocycles. The van der Waals surface area contributed by atoms with Crippen molar-refractivity contribution in [3.05, 3.63) is 51.4 Å². The van der Waals surface area contributed by atoms with Gasteiger partial charge in [-0.05, 0) is 43.4 Å². The standard InChI is InChI=1S/C21H20N2O4S/c1-26-16-9-5-3-7-13(16)11-14(12-22)19(24)23-20-18(21(25)27-2)15-8-4-6-10-17(15)28-20/h3,5,7,9,11H,4,6,8,10H2,1-2H3,(H,23,24)/b14-11-. The normalized spacial score (nSPS) is 13.2. The summed E-state index contributed by atoms with van der Waals surface area (Å²) in [7, 11) is 2.85. The van der Waals surface area contributed by atoms with Crippen LogP contribution >= 0.6 is 11.3 Å². The molecular weight excluding hydrogens is 376 g/mol. The van der Waals surface area contributed by atoms with Gasteiger partial charge >= 0.3 is 5.97 Å². The maximum atomic E-state index is 12.7. The summed E-state index contributed by atoms with van der Waals surface area (Å²) in [5, 5.41) is 12.7. The van der Waals surface area contributed by atoms with Gasteiger partial charge in [-0.2, -0.15) is 5.26 Å². The summed E-state index contributed by atoms with van der Waals surface area (Å²) in [4.78, 5) is 26.1. The van der Waals surface area contributed by atoms with Crippen LogP contribution in [0.4, 0.5) is 5.00 Å². The van der Waals surface area contributed by atoms with Crippen LogP contribution in [0.3, 0.4) is 0 Å². The summed E-state index contributed by atoms with van der Waals surface area (Å²) in [6.07, 6.45) is 5.19. The number of para-hydroxylation sites is 1. The van der Waals surface area contributed by atoms with Crippen LogP contribution in [0.1, 0.15) is 39.2 Å². The van der Waals surface area contributed by atoms with Crippen molar-refractivity contribution < 1.29 is 19.1 Å². The lowest BCUT2D eigenvalue weighted by Crippen LogP contribution is -2.16. The minimum atomic E-state index is -0.572. The SMILES string of the molecule is COC(=O)c1c(NC(=O)/C(C#N)=C\c2ccccc2OC)sc2c1CCCC2. The number of amides is 1. The quantitative estimate of drug-likeness (QED) is 0.469. The molecule has 1 aromatic carbocycles. The van der Waals surface area contributed by atoms with Crippen LogP contribution in [0.25, 0.3) is 6.08 Å². The van der Waals surface area contributed by atoms with Crippen molar-refractivity contribution in [1.29, 1.82) is 5.26 Å². The first-order valence-electron chi connectivity index (χ1n) is 8.88. The summed E-state index contributed by atoms with van der Waals surface area (Å²) < 4.78 is 10.2. The lowest BCUT2D eigenvalue weighted by atomic mass is 9.95. The maximum absolute atomic E-state index is 12.7. The minimum absolute atomic E-state index is 0.0771. The zero-order valence-corrected chi connectivity index (χ0v) is 16.5. The van der Waals surface area contributed by atoms with E-state index in [4.69, 9.17) is 9.47 Å². The molecular formula is C21H20N2O4S. The molecule has 1 aromatic heterocycles. The number of hydrogen-bond donors (Lipinski definition) is 1. The Kier molecular flexibility index (Phi) is 6.12. The first-order chi connectivity index (χ1) is 13.6. The van der Waals surface area contributed by atoms with Gasteiger partial charge in [-0.1, -0.05) is 18.2 Å². The molecule has 0 saturated heterocycles. The molecule has 1 aliphatic rings. The summed E-state index contributed by atoms with van der Waals surface area (Å²) >= 11 is 1.38. The van der Waals surface area contributed by atoms with Crippen molar-refractivity contribution in [2.75, 3.05) is 19.5 Å². The van der Waals surface area contributed by atoms with E-state index in [0.29, 0.717) is 21.9 Å². The van der Waals surface area contributed by atoms with E-state index in [1.54, 1.807) is 24.3 Å². The van der Waals surface area contributed by atoms with Gasteiger partial charge in [0, 0.05) is 10.4 Å². The average molecular weight is 396 g/mol. The molecule has 0 atom stereocenters. The Bertz CT molecular complexity index is 985. The molecule has 1 aliphatic carbocycles. The number of nitrogens with zero attached hydrogens (tertiary/aromatic N) is 1. The fraction of sp³-hybridized carbons (Fsp3) is 0.286. The van der Waals surface area contributed by atoms with Gasteiger partial charge in [0.2, 0.25) is 0 Å². The minimum Gasteiger partial charge on any atom is -0.496 e. The summed E-state index contributed by atoms with van der Waals surface area (Å²) in [6.45, 7) is 0. The molecule has 1 N–H and O–H groups in total. The van der Waals surface area contributed by atoms with Gasteiger partial charge < -0.3 is 14.8 Å². The largest absolute Gasteiger partial charge is 0.496 e. The summed E-state index contributed by atoms with van der Waals surface area (Å²) in [6, 6.07) is 9.04. The molecule has 1 heterocycles. The van der Waals surface area contributed by atoms with Crippen molar-refractivity contribution in [1.82, 2.24) is 0 Å². The number of carbonyl (C=O) groups is 2. The molecule has 0 spiro atoms. The Morgan fingerprint density at radius 2 is 1.96 bits per heavy atom. The molecule has 144 valence electrons. The third-order valence-electron chi connectivity index (χ3n) is 4.59. The van der Waals surface area contributed by atoms with Crippen molar-refractivity contribution >= 4 is 34.3 Å². The van der Waals surface area contributed by atoms with E-state index in [-0.39, 0.29) is 5.57 Å². The molecule has 0 saturated carbocycles. The predicted octanol–water partition coefficient (Wildman–Crippen LogP) is 3.97. The van der Waals surface area contributed by atoms with Gasteiger partial charge in [-0.15, -0.1) is 11.3 Å². The number of methoxy groups -OCH3 is 2. The predicted molar refractivity (Wildman–Crippen MR) is 108 cm³/mol. The lowest BCUT2D eigenvalue weighted by Gasteiger charge is -2.11. The van der Waals surface area contributed by atoms with E-state index in [1.807, 2.05) is 6.07 Å². The number of benzene rings is 1. The summed E-state index contributed by atoms with van der Waals surface area (Å²) in [5.41, 5.74) is 1.90. The van der Waals surface area contributed by atoms with Crippen molar-refractivity contribution in [3.8, 4) is 11.8 Å². The molecule has 6 nitrogen and oxygen atoms in total. The molecule has 28 heavy (non-hydrogen) atoms. The Labute approximate surface area is 167 Å². The van der Waals surface area contributed by atoms with Crippen molar-refractivity contribution in [3.63, 3.8) is 0 Å². The topological polar surface area (TPSA) is 88.4 Å². The van der Waals surface area contributed by atoms with Gasteiger partial charge in [-0.3, -0.25) is 4.79 Å². The second-order valence-corrected chi connectivity index (χ2v) is 7.38. The van der Waals surface area contributed by atoms with Crippen LogP contribution in [0.15, 0.2) is 29.8 Å². The first kappa shape index (κ1) is 19.6. The van der Waals surface area contributed by atoms with Gasteiger partial charge in [0.25, 0.3) is 5.91 Å². The Balaban J connectivity index is 1.94. The van der Waals surface area contributed by atoms with Crippen LogP contribution in [0, 0.1) is 11.3 Å². The van der Waals surface area contributed by atoms with Crippen LogP contribution < -0.4 is 10.1 Å².